The van der Waals surface area contributed by atoms with Crippen LogP contribution in [0.2, 0.25) is 0 Å². The summed E-state index contributed by atoms with van der Waals surface area (Å²) in [7, 11) is 0. The van der Waals surface area contributed by atoms with Crippen LogP contribution in [0.3, 0.4) is 0 Å². The maximum atomic E-state index is 13.9. The van der Waals surface area contributed by atoms with Crippen molar-refractivity contribution in [2.75, 3.05) is 5.32 Å². The molecular formula is C20H18F4N4OS. The Kier molecular flexibility index (Phi) is 6.45. The molecule has 1 unspecified atom stereocenters. The number of hydrogen-bond donors (Lipinski definition) is 2. The van der Waals surface area contributed by atoms with E-state index in [1.54, 1.807) is 26.0 Å². The number of alkyl halides is 3. The number of aromatic amines is 1. The lowest BCUT2D eigenvalue weighted by Gasteiger charge is -2.20. The molecule has 2 aromatic carbocycles. The molecule has 0 saturated carbocycles. The molecule has 5 nitrogen and oxygen atoms in total. The topological polar surface area (TPSA) is 70.7 Å². The summed E-state index contributed by atoms with van der Waals surface area (Å²) in [4.78, 5) is 16.9. The first-order valence-electron chi connectivity index (χ1n) is 8.98. The minimum atomic E-state index is -4.59. The van der Waals surface area contributed by atoms with Gasteiger partial charge in [0, 0.05) is 0 Å². The molecule has 0 aliphatic heterocycles. The maximum absolute atomic E-state index is 13.9. The molecule has 1 heterocycles. The van der Waals surface area contributed by atoms with Crippen LogP contribution in [0.1, 0.15) is 19.4 Å². The third-order valence-corrected chi connectivity index (χ3v) is 5.59. The number of hydrogen-bond acceptors (Lipinski definition) is 4. The first kappa shape index (κ1) is 21.8. The van der Waals surface area contributed by atoms with Gasteiger partial charge in [0.25, 0.3) is 0 Å². The Balaban J connectivity index is 1.79. The summed E-state index contributed by atoms with van der Waals surface area (Å²) < 4.78 is 53.5. The first-order valence-corrected chi connectivity index (χ1v) is 9.86. The molecule has 2 N–H and O–H groups in total. The van der Waals surface area contributed by atoms with Crippen LogP contribution >= 0.6 is 11.8 Å². The molecule has 3 aromatic rings. The van der Waals surface area contributed by atoms with Gasteiger partial charge in [-0.2, -0.15) is 13.2 Å². The van der Waals surface area contributed by atoms with Gasteiger partial charge >= 0.3 is 6.18 Å². The SMILES string of the molecule is CC(C)C(Sc1n[nH]c(-c2ccccc2F)n1)C(=O)Nc1ccccc1C(F)(F)F. The van der Waals surface area contributed by atoms with Crippen molar-refractivity contribution in [1.29, 1.82) is 0 Å². The molecule has 1 atom stereocenters. The summed E-state index contributed by atoms with van der Waals surface area (Å²) in [5.41, 5.74) is -1.02. The summed E-state index contributed by atoms with van der Waals surface area (Å²) in [5.74, 6) is -1.12. The number of amides is 1. The number of rotatable bonds is 6. The fraction of sp³-hybridized carbons (Fsp3) is 0.250. The third kappa shape index (κ3) is 4.99. The van der Waals surface area contributed by atoms with Crippen LogP contribution in [-0.4, -0.2) is 26.3 Å². The fourth-order valence-corrected chi connectivity index (χ4v) is 3.63. The molecule has 0 radical (unpaired) electrons. The van der Waals surface area contributed by atoms with Gasteiger partial charge in [-0.1, -0.05) is 49.9 Å². The number of anilines is 1. The average molecular weight is 438 g/mol. The van der Waals surface area contributed by atoms with E-state index in [1.807, 2.05) is 0 Å². The molecule has 3 rings (SSSR count). The highest BCUT2D eigenvalue weighted by Crippen LogP contribution is 2.35. The third-order valence-electron chi connectivity index (χ3n) is 4.18. The second-order valence-electron chi connectivity index (χ2n) is 6.76. The molecule has 1 amide bonds. The largest absolute Gasteiger partial charge is 0.418 e. The van der Waals surface area contributed by atoms with Gasteiger partial charge in [0.15, 0.2) is 5.82 Å². The van der Waals surface area contributed by atoms with Crippen LogP contribution in [0.5, 0.6) is 0 Å². The van der Waals surface area contributed by atoms with Gasteiger partial charge in [-0.05, 0) is 30.2 Å². The number of aromatic nitrogens is 3. The number of carbonyl (C=O) groups is 1. The highest BCUT2D eigenvalue weighted by molar-refractivity contribution is 8.00. The highest BCUT2D eigenvalue weighted by atomic mass is 32.2. The molecule has 1 aromatic heterocycles. The van der Waals surface area contributed by atoms with Gasteiger partial charge in [-0.15, -0.1) is 5.10 Å². The molecule has 30 heavy (non-hydrogen) atoms. The quantitative estimate of drug-likeness (QED) is 0.400. The number of carbonyl (C=O) groups excluding carboxylic acids is 1. The van der Waals surface area contributed by atoms with Gasteiger partial charge in [-0.3, -0.25) is 9.89 Å². The minimum Gasteiger partial charge on any atom is -0.325 e. The lowest BCUT2D eigenvalue weighted by atomic mass is 10.1. The minimum absolute atomic E-state index is 0.186. The number of nitrogens with zero attached hydrogens (tertiary/aromatic N) is 2. The molecule has 0 saturated heterocycles. The Labute approximate surface area is 174 Å². The van der Waals surface area contributed by atoms with Crippen molar-refractivity contribution < 1.29 is 22.4 Å². The van der Waals surface area contributed by atoms with Gasteiger partial charge in [0.1, 0.15) is 5.82 Å². The van der Waals surface area contributed by atoms with Crippen LogP contribution in [0.4, 0.5) is 23.2 Å². The molecule has 0 bridgehead atoms. The van der Waals surface area contributed by atoms with Gasteiger partial charge in [0.2, 0.25) is 11.1 Å². The summed E-state index contributed by atoms with van der Waals surface area (Å²) in [5, 5.41) is 8.40. The number of para-hydroxylation sites is 1. The molecular weight excluding hydrogens is 420 g/mol. The van der Waals surface area contributed by atoms with E-state index >= 15 is 0 Å². The molecule has 10 heteroatoms. The maximum Gasteiger partial charge on any atom is 0.418 e. The van der Waals surface area contributed by atoms with Crippen molar-refractivity contribution in [3.05, 3.63) is 59.9 Å². The van der Waals surface area contributed by atoms with Crippen molar-refractivity contribution in [2.45, 2.75) is 30.4 Å². The Morgan fingerprint density at radius 2 is 1.77 bits per heavy atom. The van der Waals surface area contributed by atoms with Crippen molar-refractivity contribution in [3.8, 4) is 11.4 Å². The first-order chi connectivity index (χ1) is 14.2. The Morgan fingerprint density at radius 1 is 1.10 bits per heavy atom. The molecule has 0 aliphatic rings. The van der Waals surface area contributed by atoms with Gasteiger partial charge in [0.05, 0.1) is 22.1 Å². The molecule has 0 fully saturated rings. The Morgan fingerprint density at radius 3 is 2.43 bits per heavy atom. The van der Waals surface area contributed by atoms with Crippen LogP contribution in [0, 0.1) is 11.7 Å². The summed E-state index contributed by atoms with van der Waals surface area (Å²) in [6.45, 7) is 3.52. The van der Waals surface area contributed by atoms with E-state index in [4.69, 9.17) is 0 Å². The van der Waals surface area contributed by atoms with Crippen molar-refractivity contribution >= 4 is 23.4 Å². The lowest BCUT2D eigenvalue weighted by Crippen LogP contribution is -2.30. The van der Waals surface area contributed by atoms with Crippen LogP contribution in [0.15, 0.2) is 53.7 Å². The number of halogens is 4. The van der Waals surface area contributed by atoms with Gasteiger partial charge in [-0.25, -0.2) is 9.37 Å². The summed E-state index contributed by atoms with van der Waals surface area (Å²) in [6.07, 6.45) is -4.59. The van der Waals surface area contributed by atoms with E-state index in [0.29, 0.717) is 0 Å². The zero-order chi connectivity index (χ0) is 21.9. The number of benzene rings is 2. The van der Waals surface area contributed by atoms with E-state index in [1.165, 1.54) is 30.3 Å². The Bertz CT molecular complexity index is 1040. The predicted octanol–water partition coefficient (Wildman–Crippen LogP) is 5.39. The highest BCUT2D eigenvalue weighted by Gasteiger charge is 2.34. The number of nitrogens with one attached hydrogen (secondary N) is 2. The van der Waals surface area contributed by atoms with Crippen LogP contribution in [-0.2, 0) is 11.0 Å². The average Bonchev–Trinajstić information content (AvgIpc) is 3.14. The molecule has 0 aliphatic carbocycles. The summed E-state index contributed by atoms with van der Waals surface area (Å²) >= 11 is 0.990. The predicted molar refractivity (Wildman–Crippen MR) is 106 cm³/mol. The van der Waals surface area contributed by atoms with Crippen molar-refractivity contribution in [2.24, 2.45) is 5.92 Å². The van der Waals surface area contributed by atoms with E-state index in [-0.39, 0.29) is 28.1 Å². The van der Waals surface area contributed by atoms with Crippen LogP contribution < -0.4 is 5.32 Å². The second-order valence-corrected chi connectivity index (χ2v) is 7.87. The summed E-state index contributed by atoms with van der Waals surface area (Å²) in [6, 6.07) is 10.8. The molecule has 0 spiro atoms. The van der Waals surface area contributed by atoms with E-state index in [2.05, 4.69) is 20.5 Å². The lowest BCUT2D eigenvalue weighted by molar-refractivity contribution is -0.137. The van der Waals surface area contributed by atoms with Crippen molar-refractivity contribution in [1.82, 2.24) is 15.2 Å². The van der Waals surface area contributed by atoms with Crippen molar-refractivity contribution in [3.63, 3.8) is 0 Å². The Hall–Kier alpha value is -2.88. The van der Waals surface area contributed by atoms with Gasteiger partial charge < -0.3 is 5.32 Å². The van der Waals surface area contributed by atoms with E-state index in [9.17, 15) is 22.4 Å². The smallest absolute Gasteiger partial charge is 0.325 e. The number of thioether (sulfide) groups is 1. The fourth-order valence-electron chi connectivity index (χ4n) is 2.72. The standard InChI is InChI=1S/C20H18F4N4OS/c1-11(2)16(18(29)25-15-10-6-4-8-13(15)20(22,23)24)30-19-26-17(27-28-19)12-7-3-5-9-14(12)21/h3-11,16H,1-2H3,(H,25,29)(H,26,27,28). The second kappa shape index (κ2) is 8.86. The van der Waals surface area contributed by atoms with Crippen LogP contribution in [0.25, 0.3) is 11.4 Å². The van der Waals surface area contributed by atoms with E-state index in [0.717, 1.165) is 17.8 Å². The van der Waals surface area contributed by atoms with E-state index < -0.39 is 28.7 Å². The normalized spacial score (nSPS) is 12.8. The zero-order valence-electron chi connectivity index (χ0n) is 16.0. The monoisotopic (exact) mass is 438 g/mol. The number of H-pyrrole nitrogens is 1. The zero-order valence-corrected chi connectivity index (χ0v) is 16.8. The molecule has 158 valence electrons.